The fourth-order valence-corrected chi connectivity index (χ4v) is 2.56. The van der Waals surface area contributed by atoms with E-state index in [0.717, 1.165) is 12.1 Å². The molecule has 1 aromatic rings. The van der Waals surface area contributed by atoms with E-state index >= 15 is 0 Å². The molecule has 8 heteroatoms. The molecule has 0 unspecified atom stereocenters. The van der Waals surface area contributed by atoms with Gasteiger partial charge in [0.05, 0.1) is 12.5 Å². The third-order valence-electron chi connectivity index (χ3n) is 3.74. The first-order valence-electron chi connectivity index (χ1n) is 7.62. The molecular formula is C16H18F3NO4. The molecule has 0 bridgehead atoms. The maximum Gasteiger partial charge on any atom is 0.573 e. The topological polar surface area (TPSA) is 55.8 Å². The largest absolute Gasteiger partial charge is 0.573 e. The number of likely N-dealkylation sites (tertiary alicyclic amines) is 1. The van der Waals surface area contributed by atoms with Crippen LogP contribution in [0.5, 0.6) is 5.75 Å². The Labute approximate surface area is 137 Å². The van der Waals surface area contributed by atoms with Crippen molar-refractivity contribution in [1.29, 1.82) is 0 Å². The van der Waals surface area contributed by atoms with Crippen molar-refractivity contribution in [3.05, 3.63) is 29.8 Å². The lowest BCUT2D eigenvalue weighted by Crippen LogP contribution is -2.40. The lowest BCUT2D eigenvalue weighted by Gasteiger charge is -2.31. The molecule has 1 aromatic carbocycles. The van der Waals surface area contributed by atoms with Gasteiger partial charge in [-0.15, -0.1) is 13.2 Å². The Morgan fingerprint density at radius 1 is 1.17 bits per heavy atom. The molecular weight excluding hydrogens is 327 g/mol. The van der Waals surface area contributed by atoms with Crippen molar-refractivity contribution in [2.45, 2.75) is 26.1 Å². The van der Waals surface area contributed by atoms with Crippen molar-refractivity contribution in [3.63, 3.8) is 0 Å². The van der Waals surface area contributed by atoms with Gasteiger partial charge < -0.3 is 14.4 Å². The van der Waals surface area contributed by atoms with Gasteiger partial charge in [0, 0.05) is 18.7 Å². The lowest BCUT2D eigenvalue weighted by atomic mass is 9.96. The van der Waals surface area contributed by atoms with Crippen molar-refractivity contribution in [2.24, 2.45) is 5.92 Å². The first-order chi connectivity index (χ1) is 11.3. The van der Waals surface area contributed by atoms with Crippen molar-refractivity contribution < 1.29 is 32.2 Å². The molecule has 1 amide bonds. The minimum Gasteiger partial charge on any atom is -0.466 e. The van der Waals surface area contributed by atoms with E-state index in [4.69, 9.17) is 4.74 Å². The molecule has 1 saturated heterocycles. The quantitative estimate of drug-likeness (QED) is 0.787. The van der Waals surface area contributed by atoms with Crippen LogP contribution in [-0.2, 0) is 9.53 Å². The predicted molar refractivity (Wildman–Crippen MR) is 78.4 cm³/mol. The van der Waals surface area contributed by atoms with Crippen LogP contribution in [0.15, 0.2) is 24.3 Å². The van der Waals surface area contributed by atoms with E-state index in [-0.39, 0.29) is 29.1 Å². The Kier molecular flexibility index (Phi) is 5.69. The number of nitrogens with zero attached hydrogens (tertiary/aromatic N) is 1. The molecule has 0 atom stereocenters. The monoisotopic (exact) mass is 345 g/mol. The number of esters is 1. The summed E-state index contributed by atoms with van der Waals surface area (Å²) in [7, 11) is 0. The number of ether oxygens (including phenoxy) is 2. The van der Waals surface area contributed by atoms with Crippen LogP contribution in [0.25, 0.3) is 0 Å². The standard InChI is InChI=1S/C16H18F3NO4/c1-2-23-15(22)12-7-9-20(10-8-12)14(21)11-3-5-13(6-4-11)24-16(17,18)19/h3-6,12H,2,7-10H2,1H3. The van der Waals surface area contributed by atoms with Crippen LogP contribution in [0.1, 0.15) is 30.1 Å². The van der Waals surface area contributed by atoms with Gasteiger partial charge in [0.25, 0.3) is 5.91 Å². The van der Waals surface area contributed by atoms with Crippen LogP contribution in [0.3, 0.4) is 0 Å². The fourth-order valence-electron chi connectivity index (χ4n) is 2.56. The van der Waals surface area contributed by atoms with Crippen molar-refractivity contribution >= 4 is 11.9 Å². The summed E-state index contributed by atoms with van der Waals surface area (Å²) in [4.78, 5) is 25.6. The average Bonchev–Trinajstić information content (AvgIpc) is 2.54. The molecule has 2 rings (SSSR count). The van der Waals surface area contributed by atoms with E-state index in [0.29, 0.717) is 32.5 Å². The van der Waals surface area contributed by atoms with E-state index in [1.165, 1.54) is 12.1 Å². The summed E-state index contributed by atoms with van der Waals surface area (Å²) in [5.74, 6) is -1.12. The van der Waals surface area contributed by atoms with Gasteiger partial charge in [-0.3, -0.25) is 9.59 Å². The number of halogens is 3. The van der Waals surface area contributed by atoms with Gasteiger partial charge in [0.15, 0.2) is 0 Å². The second-order valence-corrected chi connectivity index (χ2v) is 5.39. The van der Waals surface area contributed by atoms with E-state index in [1.807, 2.05) is 0 Å². The summed E-state index contributed by atoms with van der Waals surface area (Å²) in [6.45, 7) is 2.87. The maximum absolute atomic E-state index is 12.3. The van der Waals surface area contributed by atoms with Crippen LogP contribution < -0.4 is 4.74 Å². The van der Waals surface area contributed by atoms with Gasteiger partial charge >= 0.3 is 12.3 Å². The second kappa shape index (κ2) is 7.55. The summed E-state index contributed by atoms with van der Waals surface area (Å²) < 4.78 is 45.1. The molecule has 0 radical (unpaired) electrons. The van der Waals surface area contributed by atoms with Gasteiger partial charge in [0.2, 0.25) is 0 Å². The van der Waals surface area contributed by atoms with Crippen LogP contribution in [0.4, 0.5) is 13.2 Å². The average molecular weight is 345 g/mol. The molecule has 0 saturated carbocycles. The van der Waals surface area contributed by atoms with Crippen molar-refractivity contribution in [3.8, 4) is 5.75 Å². The number of carbonyl (C=O) groups is 2. The first-order valence-corrected chi connectivity index (χ1v) is 7.62. The zero-order valence-electron chi connectivity index (χ0n) is 13.1. The molecule has 1 heterocycles. The Bertz CT molecular complexity index is 578. The molecule has 0 aliphatic carbocycles. The summed E-state index contributed by atoms with van der Waals surface area (Å²) in [5, 5.41) is 0. The highest BCUT2D eigenvalue weighted by atomic mass is 19.4. The van der Waals surface area contributed by atoms with E-state index in [9.17, 15) is 22.8 Å². The number of hydrogen-bond acceptors (Lipinski definition) is 4. The number of alkyl halides is 3. The van der Waals surface area contributed by atoms with Crippen LogP contribution >= 0.6 is 0 Å². The number of benzene rings is 1. The fraction of sp³-hybridized carbons (Fsp3) is 0.500. The molecule has 1 aliphatic heterocycles. The number of piperidine rings is 1. The van der Waals surface area contributed by atoms with Crippen molar-refractivity contribution in [1.82, 2.24) is 4.90 Å². The molecule has 0 N–H and O–H groups in total. The van der Waals surface area contributed by atoms with Gasteiger partial charge in [-0.05, 0) is 44.0 Å². The van der Waals surface area contributed by atoms with Crippen LogP contribution in [-0.4, -0.2) is 42.8 Å². The molecule has 0 spiro atoms. The summed E-state index contributed by atoms with van der Waals surface area (Å²) in [6, 6.07) is 4.79. The normalized spacial score (nSPS) is 15.9. The number of amides is 1. The maximum atomic E-state index is 12.3. The van der Waals surface area contributed by atoms with Crippen LogP contribution in [0, 0.1) is 5.92 Å². The van der Waals surface area contributed by atoms with Gasteiger partial charge in [-0.1, -0.05) is 0 Å². The Hall–Kier alpha value is -2.25. The molecule has 1 fully saturated rings. The predicted octanol–water partition coefficient (Wildman–Crippen LogP) is 3.00. The summed E-state index contributed by atoms with van der Waals surface area (Å²) >= 11 is 0. The van der Waals surface area contributed by atoms with E-state index in [1.54, 1.807) is 11.8 Å². The Morgan fingerprint density at radius 3 is 2.25 bits per heavy atom. The Morgan fingerprint density at radius 2 is 1.75 bits per heavy atom. The van der Waals surface area contributed by atoms with Gasteiger partial charge in [-0.25, -0.2) is 0 Å². The molecule has 24 heavy (non-hydrogen) atoms. The van der Waals surface area contributed by atoms with E-state index < -0.39 is 6.36 Å². The second-order valence-electron chi connectivity index (χ2n) is 5.39. The number of carbonyl (C=O) groups excluding carboxylic acids is 2. The van der Waals surface area contributed by atoms with Gasteiger partial charge in [-0.2, -0.15) is 0 Å². The molecule has 1 aliphatic rings. The van der Waals surface area contributed by atoms with Crippen LogP contribution in [0.2, 0.25) is 0 Å². The minimum absolute atomic E-state index is 0.212. The third-order valence-corrected chi connectivity index (χ3v) is 3.74. The molecule has 132 valence electrons. The molecule has 5 nitrogen and oxygen atoms in total. The Balaban J connectivity index is 1.92. The zero-order valence-corrected chi connectivity index (χ0v) is 13.1. The van der Waals surface area contributed by atoms with E-state index in [2.05, 4.69) is 4.74 Å². The SMILES string of the molecule is CCOC(=O)C1CCN(C(=O)c2ccc(OC(F)(F)F)cc2)CC1. The number of rotatable bonds is 4. The van der Waals surface area contributed by atoms with Gasteiger partial charge in [0.1, 0.15) is 5.75 Å². The highest BCUT2D eigenvalue weighted by Gasteiger charge is 2.31. The summed E-state index contributed by atoms with van der Waals surface area (Å²) in [6.07, 6.45) is -3.74. The summed E-state index contributed by atoms with van der Waals surface area (Å²) in [5.41, 5.74) is 0.277. The smallest absolute Gasteiger partial charge is 0.466 e. The lowest BCUT2D eigenvalue weighted by molar-refractivity contribution is -0.274. The highest BCUT2D eigenvalue weighted by molar-refractivity contribution is 5.94. The minimum atomic E-state index is -4.76. The van der Waals surface area contributed by atoms with Crippen molar-refractivity contribution in [2.75, 3.05) is 19.7 Å². The third kappa shape index (κ3) is 4.87. The first kappa shape index (κ1) is 18.1. The zero-order chi connectivity index (χ0) is 17.7. The molecule has 0 aromatic heterocycles. The highest BCUT2D eigenvalue weighted by Crippen LogP contribution is 2.24. The number of hydrogen-bond donors (Lipinski definition) is 0.